The highest BCUT2D eigenvalue weighted by Crippen LogP contribution is 2.46. The van der Waals surface area contributed by atoms with Crippen LogP contribution in [0.2, 0.25) is 0 Å². The van der Waals surface area contributed by atoms with E-state index in [0.717, 1.165) is 63.6 Å². The van der Waals surface area contributed by atoms with Gasteiger partial charge in [-0.15, -0.1) is 0 Å². The lowest BCUT2D eigenvalue weighted by Gasteiger charge is -2.47. The number of hydrogen-bond donors (Lipinski definition) is 2. The molecule has 2 N–H and O–H groups in total. The quantitative estimate of drug-likeness (QED) is 0.184. The second kappa shape index (κ2) is 12.7. The summed E-state index contributed by atoms with van der Waals surface area (Å²) in [5.41, 5.74) is 6.03. The number of aromatic nitrogens is 2. The Labute approximate surface area is 281 Å². The smallest absolute Gasteiger partial charge is 0.252 e. The summed E-state index contributed by atoms with van der Waals surface area (Å²) in [6.07, 6.45) is 2.53. The molecule has 1 aliphatic rings. The van der Waals surface area contributed by atoms with Gasteiger partial charge in [-0.05, 0) is 54.4 Å². The molecule has 2 atom stereocenters. The number of pyridine rings is 2. The second-order valence-electron chi connectivity index (χ2n) is 14.3. The van der Waals surface area contributed by atoms with E-state index in [-0.39, 0.29) is 28.7 Å². The highest BCUT2D eigenvalue weighted by atomic mass is 16.2. The highest BCUT2D eigenvalue weighted by molar-refractivity contribution is 6.08. The van der Waals surface area contributed by atoms with E-state index in [2.05, 4.69) is 31.4 Å². The lowest BCUT2D eigenvalue weighted by Crippen LogP contribution is -2.50. The normalized spacial score (nSPS) is 18.8. The van der Waals surface area contributed by atoms with Crippen LogP contribution in [0.25, 0.3) is 44.3 Å². The summed E-state index contributed by atoms with van der Waals surface area (Å²) < 4.78 is 0. The van der Waals surface area contributed by atoms with Gasteiger partial charge in [-0.3, -0.25) is 9.59 Å². The zero-order valence-corrected chi connectivity index (χ0v) is 27.7. The molecule has 0 radical (unpaired) electrons. The summed E-state index contributed by atoms with van der Waals surface area (Å²) >= 11 is 0. The molecule has 6 aromatic rings. The number of para-hydroxylation sites is 2. The summed E-state index contributed by atoms with van der Waals surface area (Å²) in [4.78, 5) is 37.6. The van der Waals surface area contributed by atoms with E-state index < -0.39 is 0 Å². The standard InChI is InChI=1S/C42H40N4O2/c1-41(2)24-30(44-40(48)34-23-38(29-16-8-5-9-17-29)46-36-21-13-11-19-32(34)36)25-42(3,26-41)27-43-39(47)33-22-37(28-14-6-4-7-15-28)45-35-20-12-10-18-31(33)35/h4-23,30H,24-27H2,1-3H3,(H,43,47)(H,44,48). The Morgan fingerprint density at radius 2 is 1.12 bits per heavy atom. The summed E-state index contributed by atoms with van der Waals surface area (Å²) in [7, 11) is 0. The van der Waals surface area contributed by atoms with Crippen molar-refractivity contribution in [3.05, 3.63) is 132 Å². The maximum absolute atomic E-state index is 14.0. The fourth-order valence-electron chi connectivity index (χ4n) is 7.76. The van der Waals surface area contributed by atoms with Crippen LogP contribution in [0.4, 0.5) is 0 Å². The van der Waals surface area contributed by atoms with E-state index in [9.17, 15) is 9.59 Å². The number of benzene rings is 4. The number of hydrogen-bond acceptors (Lipinski definition) is 4. The third kappa shape index (κ3) is 6.56. The minimum absolute atomic E-state index is 0.0327. The van der Waals surface area contributed by atoms with Crippen molar-refractivity contribution < 1.29 is 9.59 Å². The van der Waals surface area contributed by atoms with E-state index in [4.69, 9.17) is 9.97 Å². The van der Waals surface area contributed by atoms with Crippen LogP contribution in [0.5, 0.6) is 0 Å². The number of rotatable bonds is 7. The summed E-state index contributed by atoms with van der Waals surface area (Å²) in [5.74, 6) is -0.218. The molecule has 6 nitrogen and oxygen atoms in total. The number of nitrogens with one attached hydrogen (secondary N) is 2. The van der Waals surface area contributed by atoms with E-state index >= 15 is 0 Å². The van der Waals surface area contributed by atoms with Crippen molar-refractivity contribution in [3.8, 4) is 22.5 Å². The van der Waals surface area contributed by atoms with Gasteiger partial charge in [-0.1, -0.05) is 118 Å². The Bertz CT molecular complexity index is 2130. The Morgan fingerprint density at radius 3 is 1.67 bits per heavy atom. The highest BCUT2D eigenvalue weighted by Gasteiger charge is 2.42. The van der Waals surface area contributed by atoms with Crippen LogP contribution >= 0.6 is 0 Å². The monoisotopic (exact) mass is 632 g/mol. The van der Waals surface area contributed by atoms with Gasteiger partial charge in [0.1, 0.15) is 0 Å². The van der Waals surface area contributed by atoms with Gasteiger partial charge in [0.15, 0.2) is 0 Å². The lowest BCUT2D eigenvalue weighted by atomic mass is 9.62. The predicted octanol–water partition coefficient (Wildman–Crippen LogP) is 8.86. The average molecular weight is 633 g/mol. The second-order valence-corrected chi connectivity index (χ2v) is 14.3. The molecule has 240 valence electrons. The lowest BCUT2D eigenvalue weighted by molar-refractivity contribution is 0.0593. The first-order valence-corrected chi connectivity index (χ1v) is 16.7. The summed E-state index contributed by atoms with van der Waals surface area (Å²) in [6, 6.07) is 39.3. The van der Waals surface area contributed by atoms with Crippen molar-refractivity contribution in [2.75, 3.05) is 6.54 Å². The van der Waals surface area contributed by atoms with Gasteiger partial charge in [-0.25, -0.2) is 9.97 Å². The summed E-state index contributed by atoms with van der Waals surface area (Å²) in [6.45, 7) is 7.23. The first-order chi connectivity index (χ1) is 23.2. The first kappa shape index (κ1) is 31.3. The topological polar surface area (TPSA) is 84.0 Å². The van der Waals surface area contributed by atoms with E-state index in [1.54, 1.807) is 0 Å². The molecule has 1 saturated carbocycles. The number of carbonyl (C=O) groups is 2. The third-order valence-corrected chi connectivity index (χ3v) is 9.52. The maximum atomic E-state index is 14.0. The number of fused-ring (bicyclic) bond motifs is 2. The maximum Gasteiger partial charge on any atom is 0.252 e. The molecule has 7 rings (SSSR count). The van der Waals surface area contributed by atoms with Gasteiger partial charge in [0.05, 0.1) is 33.5 Å². The van der Waals surface area contributed by atoms with Crippen molar-refractivity contribution in [2.24, 2.45) is 10.8 Å². The predicted molar refractivity (Wildman–Crippen MR) is 194 cm³/mol. The van der Waals surface area contributed by atoms with Crippen LogP contribution < -0.4 is 10.6 Å². The van der Waals surface area contributed by atoms with Crippen LogP contribution in [0, 0.1) is 10.8 Å². The van der Waals surface area contributed by atoms with Crippen LogP contribution in [-0.2, 0) is 0 Å². The molecule has 6 heteroatoms. The molecule has 2 unspecified atom stereocenters. The molecule has 0 spiro atoms. The SMILES string of the molecule is CC1(C)CC(NC(=O)c2cc(-c3ccccc3)nc3ccccc23)CC(C)(CNC(=O)c2cc(-c3ccccc3)nc3ccccc23)C1. The molecule has 0 saturated heterocycles. The molecular weight excluding hydrogens is 592 g/mol. The molecule has 1 fully saturated rings. The fourth-order valence-corrected chi connectivity index (χ4v) is 7.76. The van der Waals surface area contributed by atoms with Gasteiger partial charge in [0.2, 0.25) is 0 Å². The fraction of sp³-hybridized carbons (Fsp3) is 0.238. The molecule has 1 aliphatic carbocycles. The van der Waals surface area contributed by atoms with Crippen molar-refractivity contribution in [1.82, 2.24) is 20.6 Å². The number of nitrogens with zero attached hydrogens (tertiary/aromatic N) is 2. The molecule has 0 bridgehead atoms. The van der Waals surface area contributed by atoms with Crippen molar-refractivity contribution in [3.63, 3.8) is 0 Å². The average Bonchev–Trinajstić information content (AvgIpc) is 3.09. The Morgan fingerprint density at radius 1 is 0.646 bits per heavy atom. The molecule has 2 aromatic heterocycles. The van der Waals surface area contributed by atoms with E-state index in [1.807, 2.05) is 121 Å². The van der Waals surface area contributed by atoms with E-state index in [1.165, 1.54) is 0 Å². The Hall–Kier alpha value is -5.36. The zero-order valence-electron chi connectivity index (χ0n) is 27.7. The van der Waals surface area contributed by atoms with Crippen molar-refractivity contribution in [2.45, 2.75) is 46.1 Å². The molecule has 2 amide bonds. The van der Waals surface area contributed by atoms with Crippen molar-refractivity contribution in [1.29, 1.82) is 0 Å². The zero-order chi connectivity index (χ0) is 33.3. The minimum atomic E-state index is -0.226. The van der Waals surface area contributed by atoms with Gasteiger partial charge >= 0.3 is 0 Å². The van der Waals surface area contributed by atoms with Crippen LogP contribution in [0.1, 0.15) is 60.7 Å². The van der Waals surface area contributed by atoms with E-state index in [0.29, 0.717) is 17.7 Å². The van der Waals surface area contributed by atoms with Gasteiger partial charge in [-0.2, -0.15) is 0 Å². The van der Waals surface area contributed by atoms with Crippen LogP contribution in [0.3, 0.4) is 0 Å². The van der Waals surface area contributed by atoms with Crippen LogP contribution in [-0.4, -0.2) is 34.4 Å². The largest absolute Gasteiger partial charge is 0.351 e. The molecule has 0 aliphatic heterocycles. The Kier molecular flexibility index (Phi) is 8.26. The minimum Gasteiger partial charge on any atom is -0.351 e. The number of carbonyl (C=O) groups excluding carboxylic acids is 2. The number of amides is 2. The van der Waals surface area contributed by atoms with Gasteiger partial charge in [0.25, 0.3) is 11.8 Å². The molecule has 4 aromatic carbocycles. The van der Waals surface area contributed by atoms with Crippen molar-refractivity contribution >= 4 is 33.6 Å². The van der Waals surface area contributed by atoms with Crippen LogP contribution in [0.15, 0.2) is 121 Å². The Balaban J connectivity index is 1.12. The molecule has 2 heterocycles. The third-order valence-electron chi connectivity index (χ3n) is 9.52. The molecule has 48 heavy (non-hydrogen) atoms. The van der Waals surface area contributed by atoms with Gasteiger partial charge in [0, 0.05) is 34.5 Å². The first-order valence-electron chi connectivity index (χ1n) is 16.7. The summed E-state index contributed by atoms with van der Waals surface area (Å²) in [5, 5.41) is 8.34. The van der Waals surface area contributed by atoms with Gasteiger partial charge < -0.3 is 10.6 Å². The molecular formula is C42H40N4O2.